The smallest absolute Gasteiger partial charge is 0.231 e. The first-order valence-corrected chi connectivity index (χ1v) is 18.0. The highest BCUT2D eigenvalue weighted by atomic mass is 32.2. The molecular weight excluding hydrogens is 556 g/mol. The Balaban J connectivity index is 0.000000208. The Morgan fingerprint density at radius 1 is 0.860 bits per heavy atom. The van der Waals surface area contributed by atoms with Gasteiger partial charge >= 0.3 is 0 Å². The van der Waals surface area contributed by atoms with Crippen molar-refractivity contribution < 1.29 is 8.42 Å². The predicted octanol–water partition coefficient (Wildman–Crippen LogP) is 7.72. The van der Waals surface area contributed by atoms with Gasteiger partial charge in [0, 0.05) is 31.1 Å². The lowest BCUT2D eigenvalue weighted by molar-refractivity contribution is 0.278. The predicted molar refractivity (Wildman–Crippen MR) is 180 cm³/mol. The van der Waals surface area contributed by atoms with Crippen LogP contribution in [-0.4, -0.2) is 54.3 Å². The molecule has 1 saturated heterocycles. The molecule has 1 unspecified atom stereocenters. The summed E-state index contributed by atoms with van der Waals surface area (Å²) in [5.41, 5.74) is 0. The summed E-state index contributed by atoms with van der Waals surface area (Å²) in [6.07, 6.45) is 10.8. The monoisotopic (exact) mass is 608 g/mol. The van der Waals surface area contributed by atoms with E-state index in [1.54, 1.807) is 13.0 Å². The average Bonchev–Trinajstić information content (AvgIpc) is 3.55. The number of hydrogen-bond donors (Lipinski definition) is 2. The van der Waals surface area contributed by atoms with Crippen molar-refractivity contribution in [2.75, 3.05) is 35.2 Å². The van der Waals surface area contributed by atoms with Crippen LogP contribution in [0.5, 0.6) is 0 Å². The van der Waals surface area contributed by atoms with Crippen LogP contribution >= 0.6 is 0 Å². The standard InChI is InChI=1S/C19H34N6.C15H18O2S/c1-4-15-7-9-16(10-8-15)13-20-17-22-18(21-14(2)3)24-19(23-17)25-11-5-6-12-25;1-3-7-12(2)18(16,17)15-11-6-9-13-8-4-5-10-14(13)15/h14-16H,4-13H2,1-3H3,(H2,20,21,22,23,24);4-6,8-12H,3,7H2,1-2H3. The quantitative estimate of drug-likeness (QED) is 0.228. The lowest BCUT2D eigenvalue weighted by atomic mass is 9.81. The maximum Gasteiger partial charge on any atom is 0.231 e. The van der Waals surface area contributed by atoms with Crippen molar-refractivity contribution in [3.8, 4) is 0 Å². The van der Waals surface area contributed by atoms with Crippen molar-refractivity contribution in [3.63, 3.8) is 0 Å². The van der Waals surface area contributed by atoms with Crippen molar-refractivity contribution in [2.45, 2.75) is 109 Å². The molecule has 0 spiro atoms. The fourth-order valence-electron chi connectivity index (χ4n) is 6.13. The summed E-state index contributed by atoms with van der Waals surface area (Å²) in [7, 11) is -3.23. The first kappa shape index (κ1) is 33.0. The third-order valence-corrected chi connectivity index (χ3v) is 11.1. The van der Waals surface area contributed by atoms with Crippen LogP contribution in [0.1, 0.15) is 92.4 Å². The van der Waals surface area contributed by atoms with Gasteiger partial charge < -0.3 is 15.5 Å². The van der Waals surface area contributed by atoms with Gasteiger partial charge in [0.1, 0.15) is 0 Å². The number of benzene rings is 2. The fraction of sp³-hybridized carbons (Fsp3) is 0.618. The molecule has 2 heterocycles. The zero-order valence-corrected chi connectivity index (χ0v) is 27.7. The van der Waals surface area contributed by atoms with Gasteiger partial charge in [-0.15, -0.1) is 0 Å². The van der Waals surface area contributed by atoms with E-state index in [-0.39, 0.29) is 5.25 Å². The molecule has 8 nitrogen and oxygen atoms in total. The summed E-state index contributed by atoms with van der Waals surface area (Å²) in [4.78, 5) is 16.6. The molecule has 2 aromatic carbocycles. The molecule has 1 atom stereocenters. The van der Waals surface area contributed by atoms with Crippen molar-refractivity contribution in [1.82, 2.24) is 15.0 Å². The summed E-state index contributed by atoms with van der Waals surface area (Å²) < 4.78 is 25.1. The Morgan fingerprint density at radius 2 is 1.51 bits per heavy atom. The van der Waals surface area contributed by atoms with Crippen molar-refractivity contribution in [3.05, 3.63) is 42.5 Å². The third kappa shape index (κ3) is 9.03. The van der Waals surface area contributed by atoms with E-state index in [9.17, 15) is 8.42 Å². The largest absolute Gasteiger partial charge is 0.354 e. The molecule has 9 heteroatoms. The Morgan fingerprint density at radius 3 is 2.19 bits per heavy atom. The maximum absolute atomic E-state index is 12.5. The number of anilines is 3. The van der Waals surface area contributed by atoms with Crippen molar-refractivity contribution >= 4 is 38.5 Å². The fourth-order valence-corrected chi connectivity index (χ4v) is 7.87. The van der Waals surface area contributed by atoms with Crippen LogP contribution in [0.3, 0.4) is 0 Å². The van der Waals surface area contributed by atoms with E-state index >= 15 is 0 Å². The Labute approximate surface area is 259 Å². The summed E-state index contributed by atoms with van der Waals surface area (Å²) in [5, 5.41) is 8.30. The summed E-state index contributed by atoms with van der Waals surface area (Å²) >= 11 is 0. The molecule has 5 rings (SSSR count). The highest BCUT2D eigenvalue weighted by Gasteiger charge is 2.24. The van der Waals surface area contributed by atoms with Gasteiger partial charge in [-0.25, -0.2) is 8.42 Å². The van der Waals surface area contributed by atoms with Crippen LogP contribution in [0.2, 0.25) is 0 Å². The van der Waals surface area contributed by atoms with Gasteiger partial charge in [-0.2, -0.15) is 15.0 Å². The molecule has 2 aliphatic rings. The Kier molecular flexibility index (Phi) is 12.0. The summed E-state index contributed by atoms with van der Waals surface area (Å²) in [6.45, 7) is 13.4. The molecule has 0 radical (unpaired) electrons. The van der Waals surface area contributed by atoms with Crippen molar-refractivity contribution in [2.24, 2.45) is 11.8 Å². The van der Waals surface area contributed by atoms with Gasteiger partial charge in [-0.1, -0.05) is 75.9 Å². The molecule has 0 bridgehead atoms. The molecule has 1 aliphatic carbocycles. The average molecular weight is 609 g/mol. The molecule has 2 fully saturated rings. The van der Waals surface area contributed by atoms with E-state index in [4.69, 9.17) is 4.98 Å². The van der Waals surface area contributed by atoms with Gasteiger partial charge in [-0.05, 0) is 76.2 Å². The van der Waals surface area contributed by atoms with E-state index in [2.05, 4.69) is 46.3 Å². The minimum absolute atomic E-state index is 0.311. The number of hydrogen-bond acceptors (Lipinski definition) is 8. The van der Waals surface area contributed by atoms with Crippen LogP contribution in [0.15, 0.2) is 47.4 Å². The second kappa shape index (κ2) is 15.7. The van der Waals surface area contributed by atoms with Crippen LogP contribution in [0.25, 0.3) is 10.8 Å². The molecule has 1 aliphatic heterocycles. The number of sulfone groups is 1. The Bertz CT molecular complexity index is 1390. The van der Waals surface area contributed by atoms with Crippen LogP contribution in [0.4, 0.5) is 17.8 Å². The zero-order chi connectivity index (χ0) is 30.8. The van der Waals surface area contributed by atoms with Gasteiger partial charge in [-0.3, -0.25) is 0 Å². The number of rotatable bonds is 11. The first-order valence-electron chi connectivity index (χ1n) is 16.4. The number of aromatic nitrogens is 3. The summed E-state index contributed by atoms with van der Waals surface area (Å²) in [6, 6.07) is 13.4. The van der Waals surface area contributed by atoms with Gasteiger partial charge in [0.15, 0.2) is 9.84 Å². The summed E-state index contributed by atoms with van der Waals surface area (Å²) in [5.74, 6) is 3.91. The number of fused-ring (bicyclic) bond motifs is 1. The lowest BCUT2D eigenvalue weighted by Crippen LogP contribution is -2.25. The van der Waals surface area contributed by atoms with Crippen LogP contribution in [0, 0.1) is 11.8 Å². The zero-order valence-electron chi connectivity index (χ0n) is 26.8. The van der Waals surface area contributed by atoms with Gasteiger partial charge in [0.05, 0.1) is 10.1 Å². The van der Waals surface area contributed by atoms with Gasteiger partial charge in [0.25, 0.3) is 0 Å². The third-order valence-electron chi connectivity index (χ3n) is 8.80. The second-order valence-electron chi connectivity index (χ2n) is 12.6. The molecule has 2 N–H and O–H groups in total. The number of nitrogens with zero attached hydrogens (tertiary/aromatic N) is 4. The topological polar surface area (TPSA) is 100 Å². The SMILES string of the molecule is CCC1CCC(CNc2nc(NC(C)C)nc(N3CCCC3)n2)CC1.CCCC(C)S(=O)(=O)c1cccc2ccccc12. The molecule has 0 amide bonds. The Hall–Kier alpha value is -2.94. The van der Waals surface area contributed by atoms with Crippen LogP contribution in [-0.2, 0) is 9.84 Å². The lowest BCUT2D eigenvalue weighted by Gasteiger charge is -2.28. The maximum atomic E-state index is 12.5. The molecular formula is C34H52N6O2S. The highest BCUT2D eigenvalue weighted by molar-refractivity contribution is 7.92. The molecule has 1 aromatic heterocycles. The second-order valence-corrected chi connectivity index (χ2v) is 14.9. The molecule has 43 heavy (non-hydrogen) atoms. The number of nitrogens with one attached hydrogen (secondary N) is 2. The van der Waals surface area contributed by atoms with Crippen molar-refractivity contribution in [1.29, 1.82) is 0 Å². The van der Waals surface area contributed by atoms with E-state index in [1.165, 1.54) is 44.9 Å². The normalized spacial score (nSPS) is 19.6. The van der Waals surface area contributed by atoms with E-state index in [0.717, 1.165) is 60.6 Å². The van der Waals surface area contributed by atoms with Crippen LogP contribution < -0.4 is 15.5 Å². The van der Waals surface area contributed by atoms with E-state index in [0.29, 0.717) is 23.3 Å². The highest BCUT2D eigenvalue weighted by Crippen LogP contribution is 2.31. The van der Waals surface area contributed by atoms with E-state index < -0.39 is 9.84 Å². The molecule has 1 saturated carbocycles. The molecule has 236 valence electrons. The first-order chi connectivity index (χ1) is 20.7. The van der Waals surface area contributed by atoms with Gasteiger partial charge in [0.2, 0.25) is 17.8 Å². The molecule has 3 aromatic rings. The minimum Gasteiger partial charge on any atom is -0.354 e. The minimum atomic E-state index is -3.23. The van der Waals surface area contributed by atoms with E-state index in [1.807, 2.05) is 43.3 Å².